The minimum absolute atomic E-state index is 0.0329. The molecule has 1 atom stereocenters. The molecule has 1 N–H and O–H groups in total. The van der Waals surface area contributed by atoms with Crippen molar-refractivity contribution in [2.75, 3.05) is 0 Å². The molecule has 24 heavy (non-hydrogen) atoms. The Balaban J connectivity index is 1.83. The Morgan fingerprint density at radius 3 is 2.58 bits per heavy atom. The van der Waals surface area contributed by atoms with Gasteiger partial charge in [0, 0.05) is 29.6 Å². The minimum atomic E-state index is -0.486. The van der Waals surface area contributed by atoms with Crippen molar-refractivity contribution < 1.29 is 9.53 Å². The van der Waals surface area contributed by atoms with E-state index < -0.39 is 5.60 Å². The number of fused-ring (bicyclic) bond motifs is 3. The summed E-state index contributed by atoms with van der Waals surface area (Å²) in [6.45, 7) is 8.27. The molecule has 0 saturated carbocycles. The van der Waals surface area contributed by atoms with Crippen molar-refractivity contribution in [3.8, 4) is 0 Å². The van der Waals surface area contributed by atoms with Crippen LogP contribution in [0.4, 0.5) is 4.79 Å². The van der Waals surface area contributed by atoms with E-state index >= 15 is 0 Å². The Morgan fingerprint density at radius 2 is 1.83 bits per heavy atom. The molecule has 126 valence electrons. The van der Waals surface area contributed by atoms with Crippen molar-refractivity contribution >= 4 is 27.8 Å². The largest absolute Gasteiger partial charge is 0.444 e. The van der Waals surface area contributed by atoms with Gasteiger partial charge in [-0.2, -0.15) is 0 Å². The van der Waals surface area contributed by atoms with Crippen LogP contribution in [0.1, 0.15) is 27.7 Å². The summed E-state index contributed by atoms with van der Waals surface area (Å²) in [4.78, 5) is 11.9. The fourth-order valence-electron chi connectivity index (χ4n) is 2.97. The zero-order chi connectivity index (χ0) is 17.3. The third-order valence-corrected chi connectivity index (χ3v) is 3.89. The van der Waals surface area contributed by atoms with Gasteiger partial charge in [0.25, 0.3) is 0 Å². The first-order chi connectivity index (χ1) is 11.3. The number of benzene rings is 2. The second-order valence-corrected chi connectivity index (χ2v) is 7.24. The first-order valence-corrected chi connectivity index (χ1v) is 8.29. The van der Waals surface area contributed by atoms with Gasteiger partial charge in [0.1, 0.15) is 5.60 Å². The summed E-state index contributed by atoms with van der Waals surface area (Å²) in [5.74, 6) is 0. The standard InChI is InChI=1S/C20H24N2O2/c1-14(21-19(23)24-20(2,3)4)13-22-12-11-16-10-9-15-7-5-6-8-17(15)18(16)22/h5-12,14H,13H2,1-4H3,(H,21,23)/t14-/m1/s1. The molecule has 2 aromatic carbocycles. The summed E-state index contributed by atoms with van der Waals surface area (Å²) in [6, 6.07) is 14.7. The van der Waals surface area contributed by atoms with E-state index in [9.17, 15) is 4.79 Å². The normalized spacial score (nSPS) is 13.2. The lowest BCUT2D eigenvalue weighted by Gasteiger charge is -2.22. The quantitative estimate of drug-likeness (QED) is 0.758. The lowest BCUT2D eigenvalue weighted by Crippen LogP contribution is -2.39. The van der Waals surface area contributed by atoms with Crippen LogP contribution in [0, 0.1) is 0 Å². The predicted octanol–water partition coefficient (Wildman–Crippen LogP) is 4.71. The number of aromatic nitrogens is 1. The number of amides is 1. The molecule has 0 radical (unpaired) electrons. The van der Waals surface area contributed by atoms with Crippen LogP contribution in [0.2, 0.25) is 0 Å². The van der Waals surface area contributed by atoms with Crippen molar-refractivity contribution in [3.05, 3.63) is 48.7 Å². The first-order valence-electron chi connectivity index (χ1n) is 8.29. The minimum Gasteiger partial charge on any atom is -0.444 e. The molecule has 1 heterocycles. The monoisotopic (exact) mass is 324 g/mol. The predicted molar refractivity (Wildman–Crippen MR) is 98.3 cm³/mol. The fourth-order valence-corrected chi connectivity index (χ4v) is 2.97. The third kappa shape index (κ3) is 3.53. The lowest BCUT2D eigenvalue weighted by molar-refractivity contribution is 0.0504. The summed E-state index contributed by atoms with van der Waals surface area (Å²) in [6.07, 6.45) is 1.70. The van der Waals surface area contributed by atoms with Gasteiger partial charge in [0.15, 0.2) is 0 Å². The summed E-state index contributed by atoms with van der Waals surface area (Å²) in [7, 11) is 0. The van der Waals surface area contributed by atoms with Gasteiger partial charge in [-0.25, -0.2) is 4.79 Å². The fraction of sp³-hybridized carbons (Fsp3) is 0.350. The second-order valence-electron chi connectivity index (χ2n) is 7.24. The van der Waals surface area contributed by atoms with Gasteiger partial charge >= 0.3 is 6.09 Å². The summed E-state index contributed by atoms with van der Waals surface area (Å²) in [5.41, 5.74) is 0.714. The van der Waals surface area contributed by atoms with Crippen molar-refractivity contribution in [2.45, 2.75) is 45.9 Å². The highest BCUT2D eigenvalue weighted by molar-refractivity contribution is 6.05. The number of nitrogens with zero attached hydrogens (tertiary/aromatic N) is 1. The van der Waals surface area contributed by atoms with E-state index in [1.54, 1.807) is 0 Å². The Hall–Kier alpha value is -2.49. The molecule has 0 aliphatic carbocycles. The molecule has 1 aromatic heterocycles. The van der Waals surface area contributed by atoms with Gasteiger partial charge in [0.2, 0.25) is 0 Å². The number of hydrogen-bond donors (Lipinski definition) is 1. The maximum Gasteiger partial charge on any atom is 0.407 e. The summed E-state index contributed by atoms with van der Waals surface area (Å²) < 4.78 is 7.52. The number of rotatable bonds is 3. The Kier molecular flexibility index (Phi) is 4.22. The number of carbonyl (C=O) groups is 1. The highest BCUT2D eigenvalue weighted by Gasteiger charge is 2.18. The maximum absolute atomic E-state index is 11.9. The van der Waals surface area contributed by atoms with E-state index in [-0.39, 0.29) is 12.1 Å². The van der Waals surface area contributed by atoms with Gasteiger partial charge in [-0.15, -0.1) is 0 Å². The molecular formula is C20H24N2O2. The summed E-state index contributed by atoms with van der Waals surface area (Å²) >= 11 is 0. The molecule has 0 aliphatic rings. The average molecular weight is 324 g/mol. The zero-order valence-corrected chi connectivity index (χ0v) is 14.7. The van der Waals surface area contributed by atoms with E-state index in [1.807, 2.05) is 33.8 Å². The molecule has 4 heteroatoms. The van der Waals surface area contributed by atoms with Gasteiger partial charge in [-0.3, -0.25) is 0 Å². The van der Waals surface area contributed by atoms with Gasteiger partial charge in [0.05, 0.1) is 5.52 Å². The highest BCUT2D eigenvalue weighted by atomic mass is 16.6. The van der Waals surface area contributed by atoms with Crippen molar-refractivity contribution in [1.82, 2.24) is 9.88 Å². The van der Waals surface area contributed by atoms with Crippen LogP contribution >= 0.6 is 0 Å². The Bertz CT molecular complexity index is 874. The van der Waals surface area contributed by atoms with Crippen LogP contribution in [0.5, 0.6) is 0 Å². The topological polar surface area (TPSA) is 43.3 Å². The number of hydrogen-bond acceptors (Lipinski definition) is 2. The van der Waals surface area contributed by atoms with Crippen LogP contribution in [-0.2, 0) is 11.3 Å². The number of nitrogens with one attached hydrogen (secondary N) is 1. The van der Waals surface area contributed by atoms with Gasteiger partial charge in [-0.05, 0) is 39.1 Å². The highest BCUT2D eigenvalue weighted by Crippen LogP contribution is 2.26. The third-order valence-electron chi connectivity index (χ3n) is 3.89. The van der Waals surface area contributed by atoms with Crippen molar-refractivity contribution in [2.24, 2.45) is 0 Å². The van der Waals surface area contributed by atoms with Gasteiger partial charge < -0.3 is 14.6 Å². The molecule has 0 bridgehead atoms. The van der Waals surface area contributed by atoms with Crippen molar-refractivity contribution in [1.29, 1.82) is 0 Å². The lowest BCUT2D eigenvalue weighted by atomic mass is 10.1. The Morgan fingerprint density at radius 1 is 1.12 bits per heavy atom. The van der Waals surface area contributed by atoms with E-state index in [1.165, 1.54) is 21.7 Å². The molecule has 1 amide bonds. The van der Waals surface area contributed by atoms with Crippen LogP contribution in [0.25, 0.3) is 21.7 Å². The molecule has 0 aliphatic heterocycles. The van der Waals surface area contributed by atoms with Crippen LogP contribution in [0.15, 0.2) is 48.7 Å². The van der Waals surface area contributed by atoms with Crippen LogP contribution in [0.3, 0.4) is 0 Å². The molecular weight excluding hydrogens is 300 g/mol. The smallest absolute Gasteiger partial charge is 0.407 e. The van der Waals surface area contributed by atoms with E-state index in [0.29, 0.717) is 6.54 Å². The van der Waals surface area contributed by atoms with E-state index in [0.717, 1.165) is 0 Å². The van der Waals surface area contributed by atoms with Crippen LogP contribution in [-0.4, -0.2) is 22.3 Å². The van der Waals surface area contributed by atoms with Crippen molar-refractivity contribution in [3.63, 3.8) is 0 Å². The van der Waals surface area contributed by atoms with E-state index in [2.05, 4.69) is 52.5 Å². The average Bonchev–Trinajstić information content (AvgIpc) is 2.88. The molecule has 4 nitrogen and oxygen atoms in total. The first kappa shape index (κ1) is 16.4. The van der Waals surface area contributed by atoms with Crippen LogP contribution < -0.4 is 5.32 Å². The second kappa shape index (κ2) is 6.19. The number of alkyl carbamates (subject to hydrolysis) is 1. The molecule has 0 unspecified atom stereocenters. The SMILES string of the molecule is C[C@H](Cn1ccc2ccc3ccccc3c21)NC(=O)OC(C)(C)C. The zero-order valence-electron chi connectivity index (χ0n) is 14.7. The Labute approximate surface area is 142 Å². The molecule has 3 aromatic rings. The number of carbonyl (C=O) groups excluding carboxylic acids is 1. The van der Waals surface area contributed by atoms with E-state index in [4.69, 9.17) is 4.74 Å². The molecule has 0 fully saturated rings. The molecule has 0 spiro atoms. The molecule has 3 rings (SSSR count). The van der Waals surface area contributed by atoms with Gasteiger partial charge in [-0.1, -0.05) is 36.4 Å². The number of ether oxygens (including phenoxy) is 1. The molecule has 0 saturated heterocycles. The maximum atomic E-state index is 11.9. The summed E-state index contributed by atoms with van der Waals surface area (Å²) in [5, 5.41) is 6.56.